The maximum atomic E-state index is 13.0. The van der Waals surface area contributed by atoms with E-state index in [2.05, 4.69) is 0 Å². The minimum Gasteiger partial charge on any atom is -0.501 e. The molecule has 2 nitrogen and oxygen atoms in total. The molecule has 0 spiro atoms. The van der Waals surface area contributed by atoms with Gasteiger partial charge in [-0.2, -0.15) is 0 Å². The molecule has 16 heavy (non-hydrogen) atoms. The molecule has 0 amide bonds. The van der Waals surface area contributed by atoms with Crippen LogP contribution in [-0.2, 0) is 4.74 Å². The van der Waals surface area contributed by atoms with Gasteiger partial charge in [-0.15, -0.1) is 0 Å². The summed E-state index contributed by atoms with van der Waals surface area (Å²) in [7, 11) is 0. The molecule has 0 bridgehead atoms. The fourth-order valence-corrected chi connectivity index (χ4v) is 2.00. The lowest BCUT2D eigenvalue weighted by Crippen LogP contribution is -2.17. The summed E-state index contributed by atoms with van der Waals surface area (Å²) >= 11 is 0. The Morgan fingerprint density at radius 1 is 1.44 bits per heavy atom. The van der Waals surface area contributed by atoms with Gasteiger partial charge in [-0.25, -0.2) is 4.39 Å². The number of hydrogen-bond donors (Lipinski definition) is 1. The lowest BCUT2D eigenvalue weighted by atomic mass is 9.93. The molecule has 1 aliphatic heterocycles. The smallest absolute Gasteiger partial charge is 0.123 e. The molecule has 86 valence electrons. The fraction of sp³-hybridized carbons (Fsp3) is 0.385. The van der Waals surface area contributed by atoms with E-state index in [0.717, 1.165) is 36.1 Å². The Hall–Kier alpha value is -1.35. The van der Waals surface area contributed by atoms with Crippen LogP contribution in [0.3, 0.4) is 0 Å². The number of rotatable bonds is 2. The van der Waals surface area contributed by atoms with Crippen LogP contribution in [0.15, 0.2) is 30.0 Å². The normalized spacial score (nSPS) is 17.6. The molecular weight excluding hydrogens is 205 g/mol. The van der Waals surface area contributed by atoms with E-state index in [9.17, 15) is 4.39 Å². The van der Waals surface area contributed by atoms with Crippen molar-refractivity contribution in [2.24, 2.45) is 5.73 Å². The molecule has 1 aliphatic rings. The van der Waals surface area contributed by atoms with Crippen molar-refractivity contribution in [1.29, 1.82) is 0 Å². The quantitative estimate of drug-likeness (QED) is 0.833. The molecule has 2 rings (SSSR count). The highest BCUT2D eigenvalue weighted by molar-refractivity contribution is 5.34. The zero-order valence-electron chi connectivity index (χ0n) is 9.37. The van der Waals surface area contributed by atoms with Crippen molar-refractivity contribution in [3.63, 3.8) is 0 Å². The number of nitrogens with two attached hydrogens (primary N) is 1. The van der Waals surface area contributed by atoms with Gasteiger partial charge in [-0.1, -0.05) is 6.07 Å². The van der Waals surface area contributed by atoms with Gasteiger partial charge in [0.2, 0.25) is 0 Å². The third-order valence-corrected chi connectivity index (χ3v) is 2.93. The van der Waals surface area contributed by atoms with Crippen molar-refractivity contribution in [3.05, 3.63) is 47.0 Å². The monoisotopic (exact) mass is 221 g/mol. The van der Waals surface area contributed by atoms with E-state index in [-0.39, 0.29) is 11.9 Å². The van der Waals surface area contributed by atoms with Gasteiger partial charge in [0.25, 0.3) is 0 Å². The van der Waals surface area contributed by atoms with Gasteiger partial charge in [0, 0.05) is 0 Å². The van der Waals surface area contributed by atoms with Crippen LogP contribution in [0, 0.1) is 12.7 Å². The van der Waals surface area contributed by atoms with Crippen LogP contribution in [0.25, 0.3) is 0 Å². The lowest BCUT2D eigenvalue weighted by Gasteiger charge is -2.21. The first-order valence-corrected chi connectivity index (χ1v) is 5.50. The zero-order chi connectivity index (χ0) is 11.5. The first-order chi connectivity index (χ1) is 7.68. The summed E-state index contributed by atoms with van der Waals surface area (Å²) in [5.41, 5.74) is 9.09. The van der Waals surface area contributed by atoms with E-state index in [1.54, 1.807) is 12.3 Å². The van der Waals surface area contributed by atoms with Gasteiger partial charge in [-0.05, 0) is 48.6 Å². The van der Waals surface area contributed by atoms with E-state index >= 15 is 0 Å². The molecule has 1 aromatic carbocycles. The molecule has 0 saturated carbocycles. The summed E-state index contributed by atoms with van der Waals surface area (Å²) in [6.45, 7) is 2.64. The van der Waals surface area contributed by atoms with Gasteiger partial charge in [0.1, 0.15) is 5.82 Å². The number of ether oxygens (including phenoxy) is 1. The molecular formula is C13H16FNO. The summed E-state index contributed by atoms with van der Waals surface area (Å²) in [5.74, 6) is -0.220. The Morgan fingerprint density at radius 3 is 2.88 bits per heavy atom. The largest absolute Gasteiger partial charge is 0.501 e. The van der Waals surface area contributed by atoms with E-state index in [4.69, 9.17) is 10.5 Å². The average molecular weight is 221 g/mol. The minimum atomic E-state index is -0.220. The van der Waals surface area contributed by atoms with Crippen molar-refractivity contribution >= 4 is 0 Å². The van der Waals surface area contributed by atoms with Crippen molar-refractivity contribution in [1.82, 2.24) is 0 Å². The molecule has 1 unspecified atom stereocenters. The minimum absolute atomic E-state index is 0.180. The number of benzene rings is 1. The molecule has 0 radical (unpaired) electrons. The second-order valence-electron chi connectivity index (χ2n) is 4.15. The molecule has 1 heterocycles. The second-order valence-corrected chi connectivity index (χ2v) is 4.15. The summed E-state index contributed by atoms with van der Waals surface area (Å²) in [4.78, 5) is 0. The topological polar surface area (TPSA) is 35.2 Å². The standard InChI is InChI=1S/C13H16FNO/c1-9-7-11(14)4-5-12(9)13(15)10-3-2-6-16-8-10/h4-5,7-8,13H,2-3,6,15H2,1H3. The zero-order valence-corrected chi connectivity index (χ0v) is 9.37. The van der Waals surface area contributed by atoms with E-state index in [1.807, 2.05) is 6.92 Å². The average Bonchev–Trinajstić information content (AvgIpc) is 2.29. The van der Waals surface area contributed by atoms with E-state index in [0.29, 0.717) is 0 Å². The van der Waals surface area contributed by atoms with Crippen molar-refractivity contribution in [2.75, 3.05) is 6.61 Å². The number of hydrogen-bond acceptors (Lipinski definition) is 2. The summed E-state index contributed by atoms with van der Waals surface area (Å²) in [6.07, 6.45) is 3.70. The Kier molecular flexibility index (Phi) is 3.25. The van der Waals surface area contributed by atoms with Crippen LogP contribution in [0.5, 0.6) is 0 Å². The molecule has 2 N–H and O–H groups in total. The summed E-state index contributed by atoms with van der Waals surface area (Å²) in [5, 5.41) is 0. The van der Waals surface area contributed by atoms with Gasteiger partial charge in [-0.3, -0.25) is 0 Å². The summed E-state index contributed by atoms with van der Waals surface area (Å²) < 4.78 is 18.2. The maximum Gasteiger partial charge on any atom is 0.123 e. The number of aryl methyl sites for hydroxylation is 1. The van der Waals surface area contributed by atoms with E-state index in [1.165, 1.54) is 12.1 Å². The fourth-order valence-electron chi connectivity index (χ4n) is 2.00. The molecule has 0 aromatic heterocycles. The second kappa shape index (κ2) is 4.66. The van der Waals surface area contributed by atoms with E-state index < -0.39 is 0 Å². The lowest BCUT2D eigenvalue weighted by molar-refractivity contribution is 0.221. The van der Waals surface area contributed by atoms with Crippen LogP contribution in [0.1, 0.15) is 30.0 Å². The highest BCUT2D eigenvalue weighted by atomic mass is 19.1. The van der Waals surface area contributed by atoms with Gasteiger partial charge >= 0.3 is 0 Å². The molecule has 3 heteroatoms. The van der Waals surface area contributed by atoms with Crippen LogP contribution >= 0.6 is 0 Å². The highest BCUT2D eigenvalue weighted by Crippen LogP contribution is 2.27. The van der Waals surface area contributed by atoms with Crippen LogP contribution in [0.4, 0.5) is 4.39 Å². The Labute approximate surface area is 94.9 Å². The SMILES string of the molecule is Cc1cc(F)ccc1C(N)C1=COCCC1. The Balaban J connectivity index is 2.26. The molecule has 0 aliphatic carbocycles. The van der Waals surface area contributed by atoms with Crippen molar-refractivity contribution in [2.45, 2.75) is 25.8 Å². The predicted octanol–water partition coefficient (Wildman–Crippen LogP) is 2.83. The van der Waals surface area contributed by atoms with Crippen LogP contribution < -0.4 is 5.73 Å². The van der Waals surface area contributed by atoms with Crippen LogP contribution in [-0.4, -0.2) is 6.61 Å². The molecule has 0 fully saturated rings. The van der Waals surface area contributed by atoms with Crippen LogP contribution in [0.2, 0.25) is 0 Å². The first-order valence-electron chi connectivity index (χ1n) is 5.50. The molecule has 0 saturated heterocycles. The van der Waals surface area contributed by atoms with Gasteiger partial charge in [0.05, 0.1) is 18.9 Å². The Bertz CT molecular complexity index is 414. The number of halogens is 1. The van der Waals surface area contributed by atoms with Crippen molar-refractivity contribution < 1.29 is 9.13 Å². The first kappa shape index (κ1) is 11.1. The predicted molar refractivity (Wildman–Crippen MR) is 61.3 cm³/mol. The van der Waals surface area contributed by atoms with Gasteiger partial charge in [0.15, 0.2) is 0 Å². The van der Waals surface area contributed by atoms with Gasteiger partial charge < -0.3 is 10.5 Å². The van der Waals surface area contributed by atoms with Crippen molar-refractivity contribution in [3.8, 4) is 0 Å². The third-order valence-electron chi connectivity index (χ3n) is 2.93. The molecule has 1 aromatic rings. The third kappa shape index (κ3) is 2.25. The Morgan fingerprint density at radius 2 is 2.25 bits per heavy atom. The maximum absolute atomic E-state index is 13.0. The highest BCUT2D eigenvalue weighted by Gasteiger charge is 2.16. The molecule has 1 atom stereocenters. The summed E-state index contributed by atoms with van der Waals surface area (Å²) in [6, 6.07) is 4.54.